The Morgan fingerprint density at radius 2 is 1.86 bits per heavy atom. The number of benzene rings is 1. The molecule has 1 aromatic rings. The van der Waals surface area contributed by atoms with E-state index in [-0.39, 0.29) is 5.92 Å². The van der Waals surface area contributed by atoms with Crippen molar-refractivity contribution in [2.45, 2.75) is 45.6 Å². The number of rotatable bonds is 3. The van der Waals surface area contributed by atoms with Crippen molar-refractivity contribution in [1.29, 1.82) is 0 Å². The largest absolute Gasteiger partial charge is 0.342 e. The van der Waals surface area contributed by atoms with Gasteiger partial charge in [0.15, 0.2) is 0 Å². The standard InChI is InChI=1S/C19H28N2O/c1-16-7-9-17(10-8-16)14-20-11-5-6-18(15-20)19(22)21-12-3-2-4-13-21/h7-10,18H,2-6,11-15H2,1H3/p+1/t18-/m1/s1. The number of carbonyl (C=O) groups excluding carboxylic acids is 1. The Kier molecular flexibility index (Phi) is 5.14. The molecule has 2 atom stereocenters. The molecule has 0 spiro atoms. The molecule has 0 aromatic heterocycles. The van der Waals surface area contributed by atoms with Crippen LogP contribution in [0.4, 0.5) is 0 Å². The Hall–Kier alpha value is -1.35. The number of carbonyl (C=O) groups is 1. The number of likely N-dealkylation sites (tertiary alicyclic amines) is 2. The van der Waals surface area contributed by atoms with Crippen molar-refractivity contribution in [2.75, 3.05) is 26.2 Å². The monoisotopic (exact) mass is 301 g/mol. The van der Waals surface area contributed by atoms with Crippen LogP contribution in [0.3, 0.4) is 0 Å². The van der Waals surface area contributed by atoms with Gasteiger partial charge in [0.25, 0.3) is 0 Å². The molecular formula is C19H29N2O+. The number of nitrogens with zero attached hydrogens (tertiary/aromatic N) is 1. The Bertz CT molecular complexity index is 491. The maximum atomic E-state index is 12.7. The molecule has 0 aliphatic carbocycles. The molecule has 0 radical (unpaired) electrons. The van der Waals surface area contributed by atoms with Gasteiger partial charge in [-0.15, -0.1) is 0 Å². The number of hydrogen-bond donors (Lipinski definition) is 1. The average Bonchev–Trinajstić information content (AvgIpc) is 2.57. The highest BCUT2D eigenvalue weighted by molar-refractivity contribution is 5.79. The summed E-state index contributed by atoms with van der Waals surface area (Å²) in [5.41, 5.74) is 2.71. The van der Waals surface area contributed by atoms with Gasteiger partial charge in [0.1, 0.15) is 6.54 Å². The number of hydrogen-bond acceptors (Lipinski definition) is 1. The average molecular weight is 301 g/mol. The molecule has 2 heterocycles. The van der Waals surface area contributed by atoms with E-state index in [0.29, 0.717) is 5.91 Å². The Balaban J connectivity index is 1.56. The summed E-state index contributed by atoms with van der Waals surface area (Å²) in [4.78, 5) is 16.4. The van der Waals surface area contributed by atoms with Gasteiger partial charge in [-0.1, -0.05) is 29.8 Å². The Labute approximate surface area is 134 Å². The second kappa shape index (κ2) is 7.28. The van der Waals surface area contributed by atoms with E-state index in [4.69, 9.17) is 0 Å². The first kappa shape index (κ1) is 15.5. The Morgan fingerprint density at radius 1 is 1.14 bits per heavy atom. The number of aryl methyl sites for hydroxylation is 1. The van der Waals surface area contributed by atoms with E-state index in [1.807, 2.05) is 0 Å². The minimum absolute atomic E-state index is 0.257. The lowest BCUT2D eigenvalue weighted by Crippen LogP contribution is -3.12. The third-order valence-electron chi connectivity index (χ3n) is 5.21. The number of amides is 1. The molecule has 2 fully saturated rings. The summed E-state index contributed by atoms with van der Waals surface area (Å²) in [6.45, 7) is 7.39. The summed E-state index contributed by atoms with van der Waals surface area (Å²) >= 11 is 0. The van der Waals surface area contributed by atoms with Crippen molar-refractivity contribution in [3.63, 3.8) is 0 Å². The fourth-order valence-electron chi connectivity index (χ4n) is 3.89. The molecule has 120 valence electrons. The Morgan fingerprint density at radius 3 is 2.59 bits per heavy atom. The van der Waals surface area contributed by atoms with Crippen molar-refractivity contribution in [2.24, 2.45) is 5.92 Å². The van der Waals surface area contributed by atoms with E-state index in [0.717, 1.165) is 32.6 Å². The quantitative estimate of drug-likeness (QED) is 0.905. The zero-order chi connectivity index (χ0) is 15.4. The summed E-state index contributed by atoms with van der Waals surface area (Å²) in [7, 11) is 0. The van der Waals surface area contributed by atoms with Crippen LogP contribution in [0.15, 0.2) is 24.3 Å². The van der Waals surface area contributed by atoms with E-state index in [2.05, 4.69) is 36.1 Å². The maximum Gasteiger partial charge on any atom is 0.231 e. The second-order valence-electron chi connectivity index (χ2n) is 7.09. The van der Waals surface area contributed by atoms with Crippen LogP contribution in [0.5, 0.6) is 0 Å². The summed E-state index contributed by atoms with van der Waals surface area (Å²) in [6, 6.07) is 8.85. The molecule has 1 aromatic carbocycles. The van der Waals surface area contributed by atoms with E-state index < -0.39 is 0 Å². The topological polar surface area (TPSA) is 24.8 Å². The third-order valence-corrected chi connectivity index (χ3v) is 5.21. The van der Waals surface area contributed by atoms with Crippen LogP contribution in [0, 0.1) is 12.8 Å². The smallest absolute Gasteiger partial charge is 0.231 e. The molecule has 3 nitrogen and oxygen atoms in total. The highest BCUT2D eigenvalue weighted by Gasteiger charge is 2.32. The number of quaternary nitrogens is 1. The maximum absolute atomic E-state index is 12.7. The van der Waals surface area contributed by atoms with Crippen LogP contribution in [0.25, 0.3) is 0 Å². The molecule has 2 saturated heterocycles. The van der Waals surface area contributed by atoms with Gasteiger partial charge in [0.05, 0.1) is 19.0 Å². The molecule has 1 unspecified atom stereocenters. The van der Waals surface area contributed by atoms with Gasteiger partial charge >= 0.3 is 0 Å². The minimum atomic E-state index is 0.257. The highest BCUT2D eigenvalue weighted by Crippen LogP contribution is 2.16. The van der Waals surface area contributed by atoms with E-state index in [1.54, 1.807) is 4.90 Å². The predicted molar refractivity (Wildman–Crippen MR) is 88.7 cm³/mol. The summed E-state index contributed by atoms with van der Waals surface area (Å²) in [5, 5.41) is 0. The van der Waals surface area contributed by atoms with E-state index in [9.17, 15) is 4.79 Å². The normalized spacial score (nSPS) is 26.0. The molecule has 1 amide bonds. The van der Waals surface area contributed by atoms with Crippen molar-refractivity contribution in [3.8, 4) is 0 Å². The highest BCUT2D eigenvalue weighted by atomic mass is 16.2. The zero-order valence-electron chi connectivity index (χ0n) is 13.8. The minimum Gasteiger partial charge on any atom is -0.342 e. The van der Waals surface area contributed by atoms with Crippen LogP contribution < -0.4 is 4.90 Å². The van der Waals surface area contributed by atoms with Gasteiger partial charge in [-0.05, 0) is 39.0 Å². The zero-order valence-corrected chi connectivity index (χ0v) is 13.8. The van der Waals surface area contributed by atoms with Gasteiger partial charge in [-0.3, -0.25) is 4.79 Å². The SMILES string of the molecule is Cc1ccc(C[NH+]2CCC[C@@H](C(=O)N3CCCCC3)C2)cc1. The molecule has 2 aliphatic heterocycles. The van der Waals surface area contributed by atoms with Crippen LogP contribution in [-0.4, -0.2) is 37.0 Å². The lowest BCUT2D eigenvalue weighted by atomic mass is 9.95. The fraction of sp³-hybridized carbons (Fsp3) is 0.632. The molecule has 0 saturated carbocycles. The van der Waals surface area contributed by atoms with E-state index in [1.165, 1.54) is 43.4 Å². The second-order valence-corrected chi connectivity index (χ2v) is 7.09. The first-order chi connectivity index (χ1) is 10.7. The first-order valence-electron chi connectivity index (χ1n) is 8.90. The molecule has 2 aliphatic rings. The van der Waals surface area contributed by atoms with Crippen molar-refractivity contribution in [1.82, 2.24) is 4.90 Å². The summed E-state index contributed by atoms with van der Waals surface area (Å²) in [6.07, 6.45) is 5.95. The van der Waals surface area contributed by atoms with Crippen LogP contribution in [-0.2, 0) is 11.3 Å². The molecule has 22 heavy (non-hydrogen) atoms. The lowest BCUT2D eigenvalue weighted by molar-refractivity contribution is -0.921. The molecule has 0 bridgehead atoms. The van der Waals surface area contributed by atoms with Crippen LogP contribution >= 0.6 is 0 Å². The van der Waals surface area contributed by atoms with Crippen molar-refractivity contribution >= 4 is 5.91 Å². The van der Waals surface area contributed by atoms with Crippen LogP contribution in [0.2, 0.25) is 0 Å². The van der Waals surface area contributed by atoms with Gasteiger partial charge in [-0.25, -0.2) is 0 Å². The van der Waals surface area contributed by atoms with Crippen molar-refractivity contribution in [3.05, 3.63) is 35.4 Å². The molecular weight excluding hydrogens is 272 g/mol. The first-order valence-corrected chi connectivity index (χ1v) is 8.90. The lowest BCUT2D eigenvalue weighted by Gasteiger charge is -2.34. The number of nitrogens with one attached hydrogen (secondary N) is 1. The predicted octanol–water partition coefficient (Wildman–Crippen LogP) is 1.80. The van der Waals surface area contributed by atoms with Gasteiger partial charge in [-0.2, -0.15) is 0 Å². The molecule has 3 rings (SSSR count). The van der Waals surface area contributed by atoms with Gasteiger partial charge in [0.2, 0.25) is 5.91 Å². The third kappa shape index (κ3) is 3.89. The molecule has 3 heteroatoms. The van der Waals surface area contributed by atoms with Gasteiger partial charge < -0.3 is 9.80 Å². The van der Waals surface area contributed by atoms with Crippen molar-refractivity contribution < 1.29 is 9.69 Å². The van der Waals surface area contributed by atoms with E-state index >= 15 is 0 Å². The summed E-state index contributed by atoms with van der Waals surface area (Å²) < 4.78 is 0. The van der Waals surface area contributed by atoms with Crippen LogP contribution in [0.1, 0.15) is 43.2 Å². The fourth-order valence-corrected chi connectivity index (χ4v) is 3.89. The van der Waals surface area contributed by atoms with Gasteiger partial charge in [0, 0.05) is 18.7 Å². The molecule has 1 N–H and O–H groups in total. The number of piperidine rings is 2. The summed E-state index contributed by atoms with van der Waals surface area (Å²) in [5.74, 6) is 0.688.